The number of halogens is 1. The maximum Gasteiger partial charge on any atom is 0.238 e. The molecule has 3 heterocycles. The first-order valence-electron chi connectivity index (χ1n) is 12.4. The Bertz CT molecular complexity index is 891. The minimum atomic E-state index is -0.734. The molecule has 7 nitrogen and oxygen atoms in total. The molecule has 8 heteroatoms. The van der Waals surface area contributed by atoms with Gasteiger partial charge in [0, 0.05) is 63.6 Å². The zero-order valence-electron chi connectivity index (χ0n) is 19.1. The van der Waals surface area contributed by atoms with Gasteiger partial charge in [-0.2, -0.15) is 5.26 Å². The number of ether oxygens (including phenoxy) is 1. The highest BCUT2D eigenvalue weighted by atomic mass is 19.1. The van der Waals surface area contributed by atoms with Crippen LogP contribution in [0.2, 0.25) is 0 Å². The lowest BCUT2D eigenvalue weighted by Gasteiger charge is -2.41. The maximum atomic E-state index is 14.9. The maximum absolute atomic E-state index is 14.9. The summed E-state index contributed by atoms with van der Waals surface area (Å²) in [6.45, 7) is 5.41. The molecule has 0 radical (unpaired) electrons. The first-order chi connectivity index (χ1) is 16.1. The smallest absolute Gasteiger partial charge is 0.238 e. The zero-order chi connectivity index (χ0) is 22.8. The number of rotatable bonds is 6. The Morgan fingerprint density at radius 3 is 2.64 bits per heavy atom. The first-order valence-corrected chi connectivity index (χ1v) is 12.4. The topological polar surface area (TPSA) is 80.6 Å². The fourth-order valence-corrected chi connectivity index (χ4v) is 6.05. The average molecular weight is 456 g/mol. The minimum absolute atomic E-state index is 0.131. The summed E-state index contributed by atoms with van der Waals surface area (Å²) in [6, 6.07) is 7.50. The molecule has 3 aliphatic heterocycles. The molecule has 0 aromatic heterocycles. The van der Waals surface area contributed by atoms with Gasteiger partial charge in [-0.05, 0) is 55.7 Å². The molecule has 33 heavy (non-hydrogen) atoms. The molecule has 4 fully saturated rings. The number of anilines is 1. The molecule has 4 aliphatic rings. The van der Waals surface area contributed by atoms with E-state index in [1.165, 1.54) is 0 Å². The molecule has 4 atom stereocenters. The lowest BCUT2D eigenvalue weighted by molar-refractivity contribution is -0.124. The lowest BCUT2D eigenvalue weighted by atomic mass is 9.98. The van der Waals surface area contributed by atoms with Crippen LogP contribution < -0.4 is 15.5 Å². The molecule has 0 spiro atoms. The Labute approximate surface area is 195 Å². The van der Waals surface area contributed by atoms with E-state index in [1.54, 1.807) is 12.1 Å². The highest BCUT2D eigenvalue weighted by Crippen LogP contribution is 2.35. The molecular formula is C25H34FN5O2. The third-order valence-corrected chi connectivity index (χ3v) is 7.96. The molecule has 178 valence electrons. The number of nitriles is 1. The molecule has 5 rings (SSSR count). The van der Waals surface area contributed by atoms with Gasteiger partial charge in [0.05, 0.1) is 12.1 Å². The van der Waals surface area contributed by atoms with Crippen molar-refractivity contribution in [2.45, 2.75) is 62.7 Å². The molecule has 3 unspecified atom stereocenters. The number of piperazine rings is 1. The van der Waals surface area contributed by atoms with Gasteiger partial charge in [0.15, 0.2) is 0 Å². The van der Waals surface area contributed by atoms with E-state index < -0.39 is 6.04 Å². The van der Waals surface area contributed by atoms with Crippen LogP contribution in [0.25, 0.3) is 0 Å². The van der Waals surface area contributed by atoms with E-state index in [2.05, 4.69) is 26.5 Å². The number of carbonyl (C=O) groups is 1. The summed E-state index contributed by atoms with van der Waals surface area (Å²) >= 11 is 0. The highest BCUT2D eigenvalue weighted by molar-refractivity contribution is 5.83. The fourth-order valence-electron chi connectivity index (χ4n) is 6.05. The van der Waals surface area contributed by atoms with E-state index in [-0.39, 0.29) is 24.2 Å². The van der Waals surface area contributed by atoms with Crippen molar-refractivity contribution >= 4 is 11.6 Å². The van der Waals surface area contributed by atoms with Gasteiger partial charge in [-0.25, -0.2) is 4.39 Å². The third-order valence-electron chi connectivity index (χ3n) is 7.96. The van der Waals surface area contributed by atoms with Gasteiger partial charge in [0.25, 0.3) is 0 Å². The van der Waals surface area contributed by atoms with Gasteiger partial charge < -0.3 is 20.3 Å². The fraction of sp³-hybridized carbons (Fsp3) is 0.680. The SMILES string of the molecule is N#C[C@H](Cc1ccc(N2CCN(C3CCOCC3)CC2)cc1F)NC(=O)C1NC2CCC1C2. The second-order valence-electron chi connectivity index (χ2n) is 9.95. The summed E-state index contributed by atoms with van der Waals surface area (Å²) in [5.41, 5.74) is 1.35. The van der Waals surface area contributed by atoms with Crippen LogP contribution in [0.15, 0.2) is 18.2 Å². The Hall–Kier alpha value is -2.21. The number of nitrogens with one attached hydrogen (secondary N) is 2. The average Bonchev–Trinajstić information content (AvgIpc) is 3.49. The summed E-state index contributed by atoms with van der Waals surface area (Å²) in [7, 11) is 0. The van der Waals surface area contributed by atoms with Crippen LogP contribution >= 0.6 is 0 Å². The van der Waals surface area contributed by atoms with E-state index in [4.69, 9.17) is 4.74 Å². The van der Waals surface area contributed by atoms with Gasteiger partial charge in [0.2, 0.25) is 5.91 Å². The van der Waals surface area contributed by atoms with Crippen molar-refractivity contribution in [1.82, 2.24) is 15.5 Å². The minimum Gasteiger partial charge on any atom is -0.381 e. The number of nitrogens with zero attached hydrogens (tertiary/aromatic N) is 3. The van der Waals surface area contributed by atoms with Crippen molar-refractivity contribution in [2.24, 2.45) is 5.92 Å². The third kappa shape index (κ3) is 5.01. The summed E-state index contributed by atoms with van der Waals surface area (Å²) < 4.78 is 20.4. The normalized spacial score (nSPS) is 29.1. The number of benzene rings is 1. The number of hydrogen-bond acceptors (Lipinski definition) is 6. The molecule has 1 amide bonds. The lowest BCUT2D eigenvalue weighted by Crippen LogP contribution is -2.51. The number of amides is 1. The summed E-state index contributed by atoms with van der Waals surface area (Å²) in [5.74, 6) is -0.0858. The second kappa shape index (κ2) is 9.96. The molecule has 3 saturated heterocycles. The highest BCUT2D eigenvalue weighted by Gasteiger charge is 2.43. The summed E-state index contributed by atoms with van der Waals surface area (Å²) in [4.78, 5) is 17.4. The monoisotopic (exact) mass is 455 g/mol. The Balaban J connectivity index is 1.15. The molecular weight excluding hydrogens is 421 g/mol. The molecule has 1 saturated carbocycles. The van der Waals surface area contributed by atoms with Crippen molar-refractivity contribution in [3.05, 3.63) is 29.6 Å². The van der Waals surface area contributed by atoms with Crippen molar-refractivity contribution < 1.29 is 13.9 Å². The van der Waals surface area contributed by atoms with Crippen LogP contribution in [-0.4, -0.2) is 74.4 Å². The first kappa shape index (κ1) is 22.6. The summed E-state index contributed by atoms with van der Waals surface area (Å²) in [6.07, 6.45) is 5.59. The zero-order valence-corrected chi connectivity index (χ0v) is 19.1. The van der Waals surface area contributed by atoms with Gasteiger partial charge in [-0.3, -0.25) is 9.69 Å². The van der Waals surface area contributed by atoms with Gasteiger partial charge in [0.1, 0.15) is 11.9 Å². The largest absolute Gasteiger partial charge is 0.381 e. The molecule has 1 aliphatic carbocycles. The molecule has 1 aromatic rings. The van der Waals surface area contributed by atoms with Crippen molar-refractivity contribution in [2.75, 3.05) is 44.3 Å². The molecule has 2 bridgehead atoms. The van der Waals surface area contributed by atoms with Gasteiger partial charge >= 0.3 is 0 Å². The Kier molecular flexibility index (Phi) is 6.81. The van der Waals surface area contributed by atoms with Crippen LogP contribution in [0.1, 0.15) is 37.7 Å². The molecule has 2 N–H and O–H groups in total. The predicted molar refractivity (Wildman–Crippen MR) is 123 cm³/mol. The van der Waals surface area contributed by atoms with E-state index >= 15 is 0 Å². The number of piperidine rings is 1. The van der Waals surface area contributed by atoms with Crippen LogP contribution in [0.5, 0.6) is 0 Å². The quantitative estimate of drug-likeness (QED) is 0.681. The second-order valence-corrected chi connectivity index (χ2v) is 9.95. The van der Waals surface area contributed by atoms with Gasteiger partial charge in [-0.1, -0.05) is 6.07 Å². The van der Waals surface area contributed by atoms with Crippen LogP contribution in [0, 0.1) is 23.1 Å². The van der Waals surface area contributed by atoms with Crippen LogP contribution in [0.3, 0.4) is 0 Å². The van der Waals surface area contributed by atoms with E-state index in [9.17, 15) is 14.4 Å². The van der Waals surface area contributed by atoms with Crippen molar-refractivity contribution in [3.8, 4) is 6.07 Å². The Morgan fingerprint density at radius 1 is 1.21 bits per heavy atom. The van der Waals surface area contributed by atoms with Gasteiger partial charge in [-0.15, -0.1) is 0 Å². The number of fused-ring (bicyclic) bond motifs is 2. The molecule has 1 aromatic carbocycles. The van der Waals surface area contributed by atoms with Crippen LogP contribution in [-0.2, 0) is 16.0 Å². The van der Waals surface area contributed by atoms with E-state index in [0.29, 0.717) is 23.6 Å². The number of carbonyl (C=O) groups excluding carboxylic acids is 1. The van der Waals surface area contributed by atoms with E-state index in [0.717, 1.165) is 77.2 Å². The standard InChI is InChI=1S/C25H34FN5O2/c26-23-15-22(31-9-7-30(8-10-31)21-5-11-33-12-6-21)4-2-17(23)13-20(16-27)29-25(32)24-18-1-3-19(14-18)28-24/h2,4,15,18-21,24,28H,1,3,5-14H2,(H,29,32)/t18?,19?,20-,24?/m0/s1. The van der Waals surface area contributed by atoms with E-state index in [1.807, 2.05) is 6.07 Å². The Morgan fingerprint density at radius 2 is 2.00 bits per heavy atom. The van der Waals surface area contributed by atoms with Crippen molar-refractivity contribution in [3.63, 3.8) is 0 Å². The summed E-state index contributed by atoms with van der Waals surface area (Å²) in [5, 5.41) is 15.7. The van der Waals surface area contributed by atoms with Crippen LogP contribution in [0.4, 0.5) is 10.1 Å². The number of hydrogen-bond donors (Lipinski definition) is 2. The predicted octanol–water partition coefficient (Wildman–Crippen LogP) is 1.82. The van der Waals surface area contributed by atoms with Crippen molar-refractivity contribution in [1.29, 1.82) is 5.26 Å².